The SMILES string of the molecule is Cc1cccc(CN)n1.Cc1cccc(CNC(=O)c2nc(-c3ccc4ncccc4c3)c(-c3ccccc3)nc2N)n1.Nc1nc(-c2ccccc2)c(-c2ccc3ncccc3c2)nc1C(=O)O. The van der Waals surface area contributed by atoms with Gasteiger partial charge in [-0.1, -0.05) is 97.1 Å². The van der Waals surface area contributed by atoms with E-state index in [1.54, 1.807) is 12.4 Å². The molecule has 69 heavy (non-hydrogen) atoms. The number of amides is 1. The van der Waals surface area contributed by atoms with Crippen LogP contribution in [0.15, 0.2) is 170 Å². The molecule has 1 amide bonds. The Kier molecular flexibility index (Phi) is 14.3. The molecule has 0 saturated carbocycles. The van der Waals surface area contributed by atoms with Crippen LogP contribution in [0.2, 0.25) is 0 Å². The zero-order valence-electron chi connectivity index (χ0n) is 37.7. The fourth-order valence-corrected chi connectivity index (χ4v) is 7.33. The number of carbonyl (C=O) groups is 2. The second-order valence-electron chi connectivity index (χ2n) is 15.6. The minimum Gasteiger partial charge on any atom is -0.476 e. The van der Waals surface area contributed by atoms with E-state index >= 15 is 0 Å². The third-order valence-corrected chi connectivity index (χ3v) is 10.6. The molecule has 6 aromatic heterocycles. The van der Waals surface area contributed by atoms with Crippen molar-refractivity contribution in [3.63, 3.8) is 0 Å². The summed E-state index contributed by atoms with van der Waals surface area (Å²) >= 11 is 0. The van der Waals surface area contributed by atoms with Crippen molar-refractivity contribution in [2.75, 3.05) is 11.5 Å². The van der Waals surface area contributed by atoms with Gasteiger partial charge < -0.3 is 27.6 Å². The van der Waals surface area contributed by atoms with Crippen molar-refractivity contribution in [2.45, 2.75) is 26.9 Å². The summed E-state index contributed by atoms with van der Waals surface area (Å²) in [7, 11) is 0. The normalized spacial score (nSPS) is 10.7. The third kappa shape index (κ3) is 11.2. The lowest BCUT2D eigenvalue weighted by atomic mass is 10.0. The van der Waals surface area contributed by atoms with E-state index in [0.717, 1.165) is 66.8 Å². The summed E-state index contributed by atoms with van der Waals surface area (Å²) < 4.78 is 0. The van der Waals surface area contributed by atoms with Crippen LogP contribution >= 0.6 is 0 Å². The molecule has 0 atom stereocenters. The van der Waals surface area contributed by atoms with Gasteiger partial charge in [-0.2, -0.15) is 0 Å². The van der Waals surface area contributed by atoms with Gasteiger partial charge in [0.25, 0.3) is 5.91 Å². The molecule has 15 nitrogen and oxygen atoms in total. The van der Waals surface area contributed by atoms with Gasteiger partial charge in [-0.25, -0.2) is 24.7 Å². The van der Waals surface area contributed by atoms with E-state index in [0.29, 0.717) is 29.3 Å². The Morgan fingerprint density at radius 3 is 1.43 bits per heavy atom. The quantitative estimate of drug-likeness (QED) is 0.0907. The number of nitrogens with one attached hydrogen (secondary N) is 1. The van der Waals surface area contributed by atoms with Crippen LogP contribution in [-0.4, -0.2) is 56.9 Å². The average Bonchev–Trinajstić information content (AvgIpc) is 3.38. The molecule has 4 aromatic carbocycles. The van der Waals surface area contributed by atoms with Crippen LogP contribution in [0.25, 0.3) is 66.8 Å². The number of hydrogen-bond donors (Lipinski definition) is 5. The number of fused-ring (bicyclic) bond motifs is 2. The Morgan fingerprint density at radius 1 is 0.493 bits per heavy atom. The molecule has 0 unspecified atom stereocenters. The molecule has 0 radical (unpaired) electrons. The van der Waals surface area contributed by atoms with Crippen molar-refractivity contribution >= 4 is 45.3 Å². The smallest absolute Gasteiger partial charge is 0.358 e. The summed E-state index contributed by atoms with van der Waals surface area (Å²) in [6.45, 7) is 4.66. The number of benzene rings is 4. The standard InChI is InChI=1S/C27H22N6O.C20H14N4O2.C7H10N2/c1-17-7-5-11-21(31-17)16-30-27(34)25-26(28)33-23(18-8-3-2-4-9-18)24(32-25)20-12-13-22-19(15-20)10-6-14-29-22;21-19-18(20(25)26)23-17(16(24-19)12-5-2-1-3-6-12)14-8-9-15-13(11-14)7-4-10-22-15;1-6-3-2-4-7(5-8)9-6/h2-15H,16H2,1H3,(H2,28,33)(H,30,34);1-11H,(H2,21,24)(H,25,26);2-4H,5,8H2,1H3. The summed E-state index contributed by atoms with van der Waals surface area (Å²) in [4.78, 5) is 59.8. The molecule has 6 heterocycles. The van der Waals surface area contributed by atoms with E-state index in [-0.39, 0.29) is 29.6 Å². The van der Waals surface area contributed by atoms with Gasteiger partial charge in [0.05, 0.1) is 51.7 Å². The number of hydrogen-bond acceptors (Lipinski definition) is 13. The molecular weight excluding hydrogens is 865 g/mol. The summed E-state index contributed by atoms with van der Waals surface area (Å²) in [5.74, 6) is -1.66. The molecule has 10 rings (SSSR count). The number of carbonyl (C=O) groups excluding carboxylic acids is 1. The number of carboxylic acid groups (broad SMARTS) is 1. The van der Waals surface area contributed by atoms with Gasteiger partial charge in [0.1, 0.15) is 0 Å². The van der Waals surface area contributed by atoms with Gasteiger partial charge in [-0.15, -0.1) is 0 Å². The number of nitrogens with two attached hydrogens (primary N) is 3. The number of pyridine rings is 4. The summed E-state index contributed by atoms with van der Waals surface area (Å²) in [6.07, 6.45) is 3.48. The molecule has 15 heteroatoms. The van der Waals surface area contributed by atoms with Crippen molar-refractivity contribution in [1.82, 2.24) is 45.2 Å². The fraction of sp³-hybridized carbons (Fsp3) is 0.0741. The van der Waals surface area contributed by atoms with E-state index in [1.807, 2.05) is 172 Å². The number of aromatic carboxylic acids is 1. The highest BCUT2D eigenvalue weighted by Gasteiger charge is 2.22. The Bertz CT molecular complexity index is 3450. The highest BCUT2D eigenvalue weighted by atomic mass is 16.4. The molecule has 8 N–H and O–H groups in total. The van der Waals surface area contributed by atoms with E-state index in [2.05, 4.69) is 40.2 Å². The monoisotopic (exact) mass is 910 g/mol. The Balaban J connectivity index is 0.000000161. The number of anilines is 2. The number of aryl methyl sites for hydroxylation is 2. The number of nitrogens with zero attached hydrogens (tertiary/aromatic N) is 8. The van der Waals surface area contributed by atoms with Crippen molar-refractivity contribution < 1.29 is 14.7 Å². The molecular formula is C54H46N12O3. The van der Waals surface area contributed by atoms with Gasteiger partial charge in [0.2, 0.25) is 0 Å². The minimum atomic E-state index is -1.21. The molecule has 0 aliphatic heterocycles. The molecule has 0 bridgehead atoms. The molecule has 0 fully saturated rings. The summed E-state index contributed by atoms with van der Waals surface area (Å²) in [5, 5.41) is 14.1. The Hall–Kier alpha value is -9.34. The van der Waals surface area contributed by atoms with Crippen LogP contribution in [0.5, 0.6) is 0 Å². The second kappa shape index (κ2) is 21.3. The summed E-state index contributed by atoms with van der Waals surface area (Å²) in [5.41, 5.74) is 28.0. The zero-order valence-corrected chi connectivity index (χ0v) is 37.7. The second-order valence-corrected chi connectivity index (χ2v) is 15.6. The Morgan fingerprint density at radius 2 is 0.957 bits per heavy atom. The largest absolute Gasteiger partial charge is 0.476 e. The van der Waals surface area contributed by atoms with Gasteiger partial charge in [0.15, 0.2) is 23.0 Å². The number of nitrogen functional groups attached to an aromatic ring is 2. The highest BCUT2D eigenvalue weighted by Crippen LogP contribution is 2.34. The van der Waals surface area contributed by atoms with Gasteiger partial charge in [-0.3, -0.25) is 24.7 Å². The average molecular weight is 911 g/mol. The predicted octanol–water partition coefficient (Wildman–Crippen LogP) is 9.06. The van der Waals surface area contributed by atoms with Crippen LogP contribution in [0.3, 0.4) is 0 Å². The molecule has 0 spiro atoms. The van der Waals surface area contributed by atoms with E-state index in [4.69, 9.17) is 22.2 Å². The van der Waals surface area contributed by atoms with Gasteiger partial charge in [-0.05, 0) is 74.5 Å². The minimum absolute atomic E-state index is 0.0692. The maximum absolute atomic E-state index is 13.0. The van der Waals surface area contributed by atoms with Crippen LogP contribution in [0.4, 0.5) is 11.6 Å². The predicted molar refractivity (Wildman–Crippen MR) is 269 cm³/mol. The maximum atomic E-state index is 13.0. The van der Waals surface area contributed by atoms with Crippen molar-refractivity contribution in [3.05, 3.63) is 204 Å². The lowest BCUT2D eigenvalue weighted by molar-refractivity contribution is 0.0691. The van der Waals surface area contributed by atoms with E-state index in [9.17, 15) is 14.7 Å². The van der Waals surface area contributed by atoms with E-state index in [1.165, 1.54) is 0 Å². The van der Waals surface area contributed by atoms with E-state index < -0.39 is 11.9 Å². The fourth-order valence-electron chi connectivity index (χ4n) is 7.33. The lowest BCUT2D eigenvalue weighted by Crippen LogP contribution is -2.26. The van der Waals surface area contributed by atoms with Crippen LogP contribution in [-0.2, 0) is 13.1 Å². The number of carboxylic acids is 1. The van der Waals surface area contributed by atoms with Crippen molar-refractivity contribution in [2.24, 2.45) is 5.73 Å². The molecule has 10 aromatic rings. The number of rotatable bonds is 9. The van der Waals surface area contributed by atoms with Crippen LogP contribution in [0, 0.1) is 13.8 Å². The molecule has 340 valence electrons. The maximum Gasteiger partial charge on any atom is 0.358 e. The zero-order chi connectivity index (χ0) is 48.3. The topological polar surface area (TPSA) is 248 Å². The Labute approximate surface area is 397 Å². The van der Waals surface area contributed by atoms with Crippen LogP contribution < -0.4 is 22.5 Å². The summed E-state index contributed by atoms with van der Waals surface area (Å²) in [6, 6.07) is 49.8. The first-order valence-electron chi connectivity index (χ1n) is 21.8. The first-order valence-corrected chi connectivity index (χ1v) is 21.8. The first-order chi connectivity index (χ1) is 33.5. The molecule has 0 saturated heterocycles. The van der Waals surface area contributed by atoms with Crippen molar-refractivity contribution in [3.8, 4) is 45.0 Å². The highest BCUT2D eigenvalue weighted by molar-refractivity contribution is 5.98. The number of aromatic nitrogens is 8. The lowest BCUT2D eigenvalue weighted by Gasteiger charge is -2.13. The molecule has 0 aliphatic carbocycles. The first kappa shape index (κ1) is 46.2. The molecule has 0 aliphatic rings. The third-order valence-electron chi connectivity index (χ3n) is 10.6. The van der Waals surface area contributed by atoms with Gasteiger partial charge in [0, 0.05) is 63.4 Å². The van der Waals surface area contributed by atoms with Crippen LogP contribution in [0.1, 0.15) is 43.8 Å². The van der Waals surface area contributed by atoms with Gasteiger partial charge >= 0.3 is 5.97 Å². The van der Waals surface area contributed by atoms with Crippen molar-refractivity contribution in [1.29, 1.82) is 0 Å².